The Balaban J connectivity index is 0.00000338. The topological polar surface area (TPSA) is 56.7 Å². The summed E-state index contributed by atoms with van der Waals surface area (Å²) < 4.78 is 0. The second kappa shape index (κ2) is 12.4. The molecule has 1 saturated heterocycles. The fraction of sp³-hybridized carbons (Fsp3) is 0.579. The number of carbonyl (C=O) groups is 1. The number of guanidine groups is 1. The van der Waals surface area contributed by atoms with E-state index in [-0.39, 0.29) is 29.9 Å². The lowest BCUT2D eigenvalue weighted by molar-refractivity contribution is 0.0827. The molecule has 2 N–H and O–H groups in total. The molecule has 5 nitrogen and oxygen atoms in total. The number of hydrogen-bond donors (Lipinski definition) is 2. The maximum atomic E-state index is 12.1. The van der Waals surface area contributed by atoms with E-state index in [4.69, 9.17) is 4.99 Å². The Bertz CT molecular complexity index is 589. The molecule has 1 aromatic rings. The van der Waals surface area contributed by atoms with Crippen molar-refractivity contribution in [3.05, 3.63) is 35.4 Å². The van der Waals surface area contributed by atoms with Crippen molar-refractivity contribution >= 4 is 47.6 Å². The van der Waals surface area contributed by atoms with E-state index in [1.54, 1.807) is 19.0 Å². The zero-order chi connectivity index (χ0) is 18.1. The highest BCUT2D eigenvalue weighted by Crippen LogP contribution is 2.25. The van der Waals surface area contributed by atoms with E-state index in [1.807, 2.05) is 30.0 Å². The van der Waals surface area contributed by atoms with Crippen LogP contribution in [0.15, 0.2) is 29.3 Å². The zero-order valence-electron chi connectivity index (χ0n) is 16.0. The Kier molecular flexibility index (Phi) is 11.0. The van der Waals surface area contributed by atoms with E-state index in [1.165, 1.54) is 18.6 Å². The summed E-state index contributed by atoms with van der Waals surface area (Å²) in [6.07, 6.45) is 3.45. The minimum absolute atomic E-state index is 0. The van der Waals surface area contributed by atoms with E-state index in [0.717, 1.165) is 43.1 Å². The maximum Gasteiger partial charge on any atom is 0.253 e. The highest BCUT2D eigenvalue weighted by molar-refractivity contribution is 14.0. The first-order chi connectivity index (χ1) is 12.1. The van der Waals surface area contributed by atoms with Crippen molar-refractivity contribution in [3.63, 3.8) is 0 Å². The minimum Gasteiger partial charge on any atom is -0.357 e. The molecular weight excluding hydrogens is 459 g/mol. The molecule has 0 radical (unpaired) electrons. The van der Waals surface area contributed by atoms with E-state index >= 15 is 0 Å². The van der Waals surface area contributed by atoms with Gasteiger partial charge >= 0.3 is 0 Å². The first kappa shape index (κ1) is 23.1. The number of benzene rings is 1. The summed E-state index contributed by atoms with van der Waals surface area (Å²) in [7, 11) is 3.55. The number of aliphatic imine (C=N–C) groups is 1. The Labute approximate surface area is 178 Å². The molecule has 0 saturated carbocycles. The summed E-state index contributed by atoms with van der Waals surface area (Å²) in [4.78, 5) is 18.4. The Morgan fingerprint density at radius 3 is 2.81 bits per heavy atom. The van der Waals surface area contributed by atoms with Gasteiger partial charge in [-0.3, -0.25) is 9.79 Å². The quantitative estimate of drug-likeness (QED) is 0.351. The molecule has 1 heterocycles. The van der Waals surface area contributed by atoms with E-state index in [0.29, 0.717) is 5.25 Å². The van der Waals surface area contributed by atoms with Gasteiger partial charge in [0.05, 0.1) is 6.54 Å². The first-order valence-electron chi connectivity index (χ1n) is 9.04. The van der Waals surface area contributed by atoms with Crippen molar-refractivity contribution in [1.82, 2.24) is 15.5 Å². The molecule has 1 fully saturated rings. The molecule has 0 aromatic heterocycles. The lowest BCUT2D eigenvalue weighted by atomic mass is 10.1. The molecule has 0 aliphatic carbocycles. The molecule has 0 spiro atoms. The lowest BCUT2D eigenvalue weighted by Gasteiger charge is -2.13. The van der Waals surface area contributed by atoms with Crippen LogP contribution in [0.2, 0.25) is 0 Å². The van der Waals surface area contributed by atoms with E-state index in [2.05, 4.69) is 23.6 Å². The van der Waals surface area contributed by atoms with Crippen molar-refractivity contribution < 1.29 is 4.79 Å². The van der Waals surface area contributed by atoms with E-state index in [9.17, 15) is 4.79 Å². The summed E-state index contributed by atoms with van der Waals surface area (Å²) in [5.41, 5.74) is 1.89. The average molecular weight is 490 g/mol. The van der Waals surface area contributed by atoms with Crippen LogP contribution in [0.1, 0.15) is 35.7 Å². The number of carbonyl (C=O) groups excluding carboxylic acids is 1. The van der Waals surface area contributed by atoms with Crippen molar-refractivity contribution in [1.29, 1.82) is 0 Å². The van der Waals surface area contributed by atoms with Crippen LogP contribution in [0.3, 0.4) is 0 Å². The smallest absolute Gasteiger partial charge is 0.253 e. The Hall–Kier alpha value is -0.960. The lowest BCUT2D eigenvalue weighted by Crippen LogP contribution is -2.38. The van der Waals surface area contributed by atoms with Crippen molar-refractivity contribution in [2.45, 2.75) is 31.4 Å². The fourth-order valence-electron chi connectivity index (χ4n) is 2.77. The summed E-state index contributed by atoms with van der Waals surface area (Å²) >= 11 is 2.03. The summed E-state index contributed by atoms with van der Waals surface area (Å²) in [5.74, 6) is 2.20. The van der Waals surface area contributed by atoms with Crippen molar-refractivity contribution in [3.8, 4) is 0 Å². The second-order valence-electron chi connectivity index (χ2n) is 6.43. The molecule has 1 aromatic carbocycles. The van der Waals surface area contributed by atoms with Gasteiger partial charge in [0.1, 0.15) is 0 Å². The molecule has 146 valence electrons. The molecule has 0 bridgehead atoms. The van der Waals surface area contributed by atoms with Crippen LogP contribution in [0.5, 0.6) is 0 Å². The molecule has 26 heavy (non-hydrogen) atoms. The average Bonchev–Trinajstić information content (AvgIpc) is 3.12. The van der Waals surface area contributed by atoms with Crippen LogP contribution >= 0.6 is 35.7 Å². The fourth-order valence-corrected chi connectivity index (χ4v) is 3.95. The number of nitrogens with zero attached hydrogens (tertiary/aromatic N) is 2. The van der Waals surface area contributed by atoms with Crippen LogP contribution in [-0.2, 0) is 6.42 Å². The van der Waals surface area contributed by atoms with Crippen LogP contribution in [-0.4, -0.2) is 61.5 Å². The van der Waals surface area contributed by atoms with Crippen LogP contribution in [0.4, 0.5) is 0 Å². The normalized spacial score (nSPS) is 16.7. The molecule has 1 aliphatic rings. The Morgan fingerprint density at radius 2 is 2.15 bits per heavy atom. The molecule has 1 amide bonds. The third-order valence-electron chi connectivity index (χ3n) is 4.11. The van der Waals surface area contributed by atoms with Crippen LogP contribution in [0, 0.1) is 0 Å². The predicted octanol–water partition coefficient (Wildman–Crippen LogP) is 3.00. The van der Waals surface area contributed by atoms with Gasteiger partial charge in [-0.05, 0) is 49.6 Å². The molecule has 1 unspecified atom stereocenters. The van der Waals surface area contributed by atoms with Crippen molar-refractivity contribution in [2.75, 3.05) is 39.5 Å². The predicted molar refractivity (Wildman–Crippen MR) is 123 cm³/mol. The SMILES string of the molecule is CCNC(=NCC1CCCS1)NCCc1cccc(C(=O)N(C)C)c1.I. The highest BCUT2D eigenvalue weighted by Gasteiger charge is 2.15. The number of amides is 1. The third-order valence-corrected chi connectivity index (χ3v) is 5.49. The van der Waals surface area contributed by atoms with Gasteiger partial charge in [0.2, 0.25) is 0 Å². The third kappa shape index (κ3) is 7.73. The number of thioether (sulfide) groups is 1. The van der Waals surface area contributed by atoms with Gasteiger partial charge in [0, 0.05) is 38.0 Å². The molecular formula is C19H31IN4OS. The number of rotatable bonds is 7. The van der Waals surface area contributed by atoms with E-state index < -0.39 is 0 Å². The molecule has 1 atom stereocenters. The first-order valence-corrected chi connectivity index (χ1v) is 10.1. The zero-order valence-corrected chi connectivity index (χ0v) is 19.1. The monoisotopic (exact) mass is 490 g/mol. The number of halogens is 1. The van der Waals surface area contributed by atoms with Crippen molar-refractivity contribution in [2.24, 2.45) is 4.99 Å². The van der Waals surface area contributed by atoms with Gasteiger partial charge in [-0.15, -0.1) is 24.0 Å². The van der Waals surface area contributed by atoms with Gasteiger partial charge in [-0.2, -0.15) is 11.8 Å². The summed E-state index contributed by atoms with van der Waals surface area (Å²) in [6, 6.07) is 7.85. The summed E-state index contributed by atoms with van der Waals surface area (Å²) in [6.45, 7) is 4.62. The summed E-state index contributed by atoms with van der Waals surface area (Å²) in [5, 5.41) is 7.38. The number of nitrogens with one attached hydrogen (secondary N) is 2. The standard InChI is InChI=1S/C19H30N4OS.HI/c1-4-20-19(22-14-17-9-6-12-25-17)21-11-10-15-7-5-8-16(13-15)18(24)23(2)3;/h5,7-8,13,17H,4,6,9-12,14H2,1-3H3,(H2,20,21,22);1H. The van der Waals surface area contributed by atoms with Crippen LogP contribution < -0.4 is 10.6 Å². The molecule has 2 rings (SSSR count). The highest BCUT2D eigenvalue weighted by atomic mass is 127. The van der Waals surface area contributed by atoms with Gasteiger partial charge in [-0.25, -0.2) is 0 Å². The van der Waals surface area contributed by atoms with Gasteiger partial charge in [0.15, 0.2) is 5.96 Å². The van der Waals surface area contributed by atoms with Gasteiger partial charge < -0.3 is 15.5 Å². The second-order valence-corrected chi connectivity index (χ2v) is 7.84. The Morgan fingerprint density at radius 1 is 1.35 bits per heavy atom. The van der Waals surface area contributed by atoms with Gasteiger partial charge in [0.25, 0.3) is 5.91 Å². The number of hydrogen-bond acceptors (Lipinski definition) is 3. The molecule has 7 heteroatoms. The molecule has 1 aliphatic heterocycles. The van der Waals surface area contributed by atoms with Gasteiger partial charge in [-0.1, -0.05) is 12.1 Å². The largest absolute Gasteiger partial charge is 0.357 e. The maximum absolute atomic E-state index is 12.1. The minimum atomic E-state index is 0. The van der Waals surface area contributed by atoms with Crippen LogP contribution in [0.25, 0.3) is 0 Å².